The Hall–Kier alpha value is -1.09. The van der Waals surface area contributed by atoms with E-state index in [0.717, 1.165) is 18.6 Å². The van der Waals surface area contributed by atoms with Gasteiger partial charge >= 0.3 is 0 Å². The summed E-state index contributed by atoms with van der Waals surface area (Å²) < 4.78 is 5.14. The zero-order valence-corrected chi connectivity index (χ0v) is 7.29. The van der Waals surface area contributed by atoms with Crippen molar-refractivity contribution >= 4 is 0 Å². The summed E-state index contributed by atoms with van der Waals surface area (Å²) in [6.07, 6.45) is 5.45. The van der Waals surface area contributed by atoms with Crippen LogP contribution in [0.2, 0.25) is 0 Å². The van der Waals surface area contributed by atoms with Gasteiger partial charge in [-0.3, -0.25) is 4.98 Å². The second kappa shape index (κ2) is 4.72. The van der Waals surface area contributed by atoms with Crippen LogP contribution >= 0.6 is 0 Å². The highest BCUT2D eigenvalue weighted by molar-refractivity contribution is 5.29. The first-order valence-corrected chi connectivity index (χ1v) is 4.05. The van der Waals surface area contributed by atoms with Crippen LogP contribution in [0.5, 0.6) is 5.75 Å². The minimum atomic E-state index is 0.714. The molecule has 1 aromatic rings. The average Bonchev–Trinajstić information content (AvgIpc) is 2.15. The SMILES string of the molecule is COc1cnccc1CCCN. The minimum absolute atomic E-state index is 0.714. The van der Waals surface area contributed by atoms with Crippen LogP contribution in [-0.4, -0.2) is 18.6 Å². The molecule has 0 atom stereocenters. The van der Waals surface area contributed by atoms with E-state index in [2.05, 4.69) is 4.98 Å². The fraction of sp³-hybridized carbons (Fsp3) is 0.444. The van der Waals surface area contributed by atoms with Crippen molar-refractivity contribution in [1.29, 1.82) is 0 Å². The normalized spacial score (nSPS) is 9.83. The number of hydrogen-bond donors (Lipinski definition) is 1. The predicted molar refractivity (Wildman–Crippen MR) is 48.2 cm³/mol. The molecule has 1 heterocycles. The lowest BCUT2D eigenvalue weighted by atomic mass is 10.1. The lowest BCUT2D eigenvalue weighted by molar-refractivity contribution is 0.407. The quantitative estimate of drug-likeness (QED) is 0.725. The van der Waals surface area contributed by atoms with Crippen molar-refractivity contribution in [1.82, 2.24) is 4.98 Å². The van der Waals surface area contributed by atoms with Gasteiger partial charge in [0.15, 0.2) is 0 Å². The molecule has 0 aliphatic rings. The highest BCUT2D eigenvalue weighted by atomic mass is 16.5. The lowest BCUT2D eigenvalue weighted by Gasteiger charge is -2.05. The lowest BCUT2D eigenvalue weighted by Crippen LogP contribution is -2.01. The van der Waals surface area contributed by atoms with Crippen LogP contribution in [0.25, 0.3) is 0 Å². The zero-order chi connectivity index (χ0) is 8.81. The molecule has 0 aromatic carbocycles. The van der Waals surface area contributed by atoms with Gasteiger partial charge in [-0.2, -0.15) is 0 Å². The molecule has 0 amide bonds. The van der Waals surface area contributed by atoms with E-state index in [4.69, 9.17) is 10.5 Å². The van der Waals surface area contributed by atoms with Crippen molar-refractivity contribution in [2.75, 3.05) is 13.7 Å². The molecule has 66 valence electrons. The van der Waals surface area contributed by atoms with E-state index in [1.807, 2.05) is 6.07 Å². The molecule has 2 N–H and O–H groups in total. The van der Waals surface area contributed by atoms with Crippen molar-refractivity contribution in [3.05, 3.63) is 24.0 Å². The Labute approximate surface area is 72.6 Å². The van der Waals surface area contributed by atoms with Gasteiger partial charge in [0.1, 0.15) is 5.75 Å². The Balaban J connectivity index is 2.68. The van der Waals surface area contributed by atoms with Gasteiger partial charge in [0.2, 0.25) is 0 Å². The number of rotatable bonds is 4. The van der Waals surface area contributed by atoms with Gasteiger partial charge in [0.25, 0.3) is 0 Å². The van der Waals surface area contributed by atoms with Gasteiger partial charge in [-0.1, -0.05) is 0 Å². The summed E-state index contributed by atoms with van der Waals surface area (Å²) in [5, 5.41) is 0. The number of ether oxygens (including phenoxy) is 1. The largest absolute Gasteiger partial charge is 0.495 e. The van der Waals surface area contributed by atoms with Crippen molar-refractivity contribution in [2.24, 2.45) is 5.73 Å². The first-order valence-electron chi connectivity index (χ1n) is 4.05. The number of aryl methyl sites for hydroxylation is 1. The first-order chi connectivity index (χ1) is 5.88. The third-order valence-corrected chi connectivity index (χ3v) is 1.74. The van der Waals surface area contributed by atoms with Crippen molar-refractivity contribution in [3.8, 4) is 5.75 Å². The van der Waals surface area contributed by atoms with Crippen LogP contribution in [0.1, 0.15) is 12.0 Å². The van der Waals surface area contributed by atoms with E-state index in [0.29, 0.717) is 6.54 Å². The van der Waals surface area contributed by atoms with E-state index < -0.39 is 0 Å². The highest BCUT2D eigenvalue weighted by Gasteiger charge is 2.00. The van der Waals surface area contributed by atoms with Crippen molar-refractivity contribution in [2.45, 2.75) is 12.8 Å². The van der Waals surface area contributed by atoms with Crippen LogP contribution < -0.4 is 10.5 Å². The molecular weight excluding hydrogens is 152 g/mol. The highest BCUT2D eigenvalue weighted by Crippen LogP contribution is 2.16. The smallest absolute Gasteiger partial charge is 0.140 e. The number of hydrogen-bond acceptors (Lipinski definition) is 3. The second-order valence-electron chi connectivity index (χ2n) is 2.58. The summed E-state index contributed by atoms with van der Waals surface area (Å²) in [5.41, 5.74) is 6.59. The molecule has 0 radical (unpaired) electrons. The topological polar surface area (TPSA) is 48.1 Å². The molecular formula is C9H14N2O. The summed E-state index contributed by atoms with van der Waals surface area (Å²) in [4.78, 5) is 3.97. The molecule has 0 fully saturated rings. The summed E-state index contributed by atoms with van der Waals surface area (Å²) in [6, 6.07) is 1.97. The number of aromatic nitrogens is 1. The monoisotopic (exact) mass is 166 g/mol. The summed E-state index contributed by atoms with van der Waals surface area (Å²) >= 11 is 0. The van der Waals surface area contributed by atoms with E-state index in [-0.39, 0.29) is 0 Å². The number of pyridine rings is 1. The zero-order valence-electron chi connectivity index (χ0n) is 7.29. The van der Waals surface area contributed by atoms with Crippen molar-refractivity contribution < 1.29 is 4.74 Å². The fourth-order valence-corrected chi connectivity index (χ4v) is 1.09. The maximum atomic E-state index is 5.41. The van der Waals surface area contributed by atoms with E-state index >= 15 is 0 Å². The third kappa shape index (κ3) is 2.20. The molecule has 0 spiro atoms. The van der Waals surface area contributed by atoms with E-state index in [1.165, 1.54) is 5.56 Å². The minimum Gasteiger partial charge on any atom is -0.495 e. The van der Waals surface area contributed by atoms with E-state index in [9.17, 15) is 0 Å². The van der Waals surface area contributed by atoms with Gasteiger partial charge < -0.3 is 10.5 Å². The standard InChI is InChI=1S/C9H14N2O/c1-12-9-7-11-6-4-8(9)3-2-5-10/h4,6-7H,2-3,5,10H2,1H3. The van der Waals surface area contributed by atoms with Gasteiger partial charge in [-0.05, 0) is 31.0 Å². The molecule has 0 saturated heterocycles. The molecule has 12 heavy (non-hydrogen) atoms. The van der Waals surface area contributed by atoms with E-state index in [1.54, 1.807) is 19.5 Å². The maximum Gasteiger partial charge on any atom is 0.140 e. The van der Waals surface area contributed by atoms with Crippen LogP contribution in [0, 0.1) is 0 Å². The first kappa shape index (κ1) is 9.00. The molecule has 0 bridgehead atoms. The molecule has 0 unspecified atom stereocenters. The van der Waals surface area contributed by atoms with Crippen LogP contribution in [0.15, 0.2) is 18.5 Å². The summed E-state index contributed by atoms with van der Waals surface area (Å²) in [7, 11) is 1.66. The summed E-state index contributed by atoms with van der Waals surface area (Å²) in [5.74, 6) is 0.853. The van der Waals surface area contributed by atoms with Gasteiger partial charge in [-0.25, -0.2) is 0 Å². The van der Waals surface area contributed by atoms with Crippen LogP contribution in [0.3, 0.4) is 0 Å². The number of nitrogens with two attached hydrogens (primary N) is 1. The van der Waals surface area contributed by atoms with Gasteiger partial charge in [-0.15, -0.1) is 0 Å². The molecule has 3 heteroatoms. The number of nitrogens with zero attached hydrogens (tertiary/aromatic N) is 1. The summed E-state index contributed by atoms with van der Waals surface area (Å²) in [6.45, 7) is 0.714. The molecule has 0 saturated carbocycles. The van der Waals surface area contributed by atoms with Gasteiger partial charge in [0.05, 0.1) is 13.3 Å². The molecule has 1 rings (SSSR count). The molecule has 0 aliphatic heterocycles. The second-order valence-corrected chi connectivity index (χ2v) is 2.58. The Bertz CT molecular complexity index is 238. The van der Waals surface area contributed by atoms with Crippen molar-refractivity contribution in [3.63, 3.8) is 0 Å². The van der Waals surface area contributed by atoms with Gasteiger partial charge in [0, 0.05) is 6.20 Å². The average molecular weight is 166 g/mol. The fourth-order valence-electron chi connectivity index (χ4n) is 1.09. The maximum absolute atomic E-state index is 5.41. The Morgan fingerprint density at radius 1 is 1.58 bits per heavy atom. The Kier molecular flexibility index (Phi) is 3.54. The molecule has 3 nitrogen and oxygen atoms in total. The Morgan fingerprint density at radius 3 is 3.08 bits per heavy atom. The third-order valence-electron chi connectivity index (χ3n) is 1.74. The molecule has 1 aromatic heterocycles. The Morgan fingerprint density at radius 2 is 2.42 bits per heavy atom. The van der Waals surface area contributed by atoms with Crippen LogP contribution in [-0.2, 0) is 6.42 Å². The predicted octanol–water partition coefficient (Wildman–Crippen LogP) is 0.982. The molecule has 0 aliphatic carbocycles. The van der Waals surface area contributed by atoms with Crippen LogP contribution in [0.4, 0.5) is 0 Å². The number of methoxy groups -OCH3 is 1.